The smallest absolute Gasteiger partial charge is 0.331 e. The summed E-state index contributed by atoms with van der Waals surface area (Å²) in [6.07, 6.45) is 6.51. The number of rotatable bonds is 2. The third-order valence-electron chi connectivity index (χ3n) is 1.52. The molecule has 82 valence electrons. The first kappa shape index (κ1) is 11.5. The molecule has 1 aromatic heterocycles. The van der Waals surface area contributed by atoms with E-state index in [9.17, 15) is 4.79 Å². The molecular weight excluding hydrogens is 192 g/mol. The van der Waals surface area contributed by atoms with E-state index in [0.717, 1.165) is 5.69 Å². The Morgan fingerprint density at radius 2 is 2.20 bits per heavy atom. The molecule has 0 radical (unpaired) electrons. The highest BCUT2D eigenvalue weighted by molar-refractivity contribution is 5.86. The first-order chi connectivity index (χ1) is 6.87. The SMILES string of the molecule is Cn1cnc(C=CC(=O)OC(C)(C)C)c1. The molecule has 0 spiro atoms. The Morgan fingerprint density at radius 1 is 1.53 bits per heavy atom. The van der Waals surface area contributed by atoms with Crippen molar-refractivity contribution < 1.29 is 9.53 Å². The van der Waals surface area contributed by atoms with Crippen molar-refractivity contribution in [2.75, 3.05) is 0 Å². The van der Waals surface area contributed by atoms with Crippen LogP contribution in [0, 0.1) is 0 Å². The fraction of sp³-hybridized carbons (Fsp3) is 0.455. The monoisotopic (exact) mass is 208 g/mol. The van der Waals surface area contributed by atoms with Gasteiger partial charge in [-0.15, -0.1) is 0 Å². The molecule has 1 rings (SSSR count). The Bertz CT molecular complexity index is 372. The Labute approximate surface area is 89.6 Å². The molecule has 0 aliphatic carbocycles. The van der Waals surface area contributed by atoms with E-state index >= 15 is 0 Å². The van der Waals surface area contributed by atoms with Crippen molar-refractivity contribution in [1.29, 1.82) is 0 Å². The molecule has 4 nitrogen and oxygen atoms in total. The summed E-state index contributed by atoms with van der Waals surface area (Å²) in [6.45, 7) is 5.50. The number of carbonyl (C=O) groups excluding carboxylic acids is 1. The Balaban J connectivity index is 2.55. The third kappa shape index (κ3) is 4.44. The van der Waals surface area contributed by atoms with Crippen LogP contribution >= 0.6 is 0 Å². The lowest BCUT2D eigenvalue weighted by molar-refractivity contribution is -0.148. The van der Waals surface area contributed by atoms with Gasteiger partial charge in [0.15, 0.2) is 0 Å². The number of aromatic nitrogens is 2. The highest BCUT2D eigenvalue weighted by atomic mass is 16.6. The van der Waals surface area contributed by atoms with Crippen LogP contribution in [0.1, 0.15) is 26.5 Å². The van der Waals surface area contributed by atoms with Gasteiger partial charge in [0.25, 0.3) is 0 Å². The van der Waals surface area contributed by atoms with Crippen LogP contribution < -0.4 is 0 Å². The maximum absolute atomic E-state index is 11.3. The summed E-state index contributed by atoms with van der Waals surface area (Å²) in [5, 5.41) is 0. The summed E-state index contributed by atoms with van der Waals surface area (Å²) >= 11 is 0. The van der Waals surface area contributed by atoms with E-state index in [2.05, 4.69) is 4.98 Å². The van der Waals surface area contributed by atoms with Crippen LogP contribution in [0.3, 0.4) is 0 Å². The minimum atomic E-state index is -0.453. The summed E-state index contributed by atoms with van der Waals surface area (Å²) in [6, 6.07) is 0. The molecule has 0 bridgehead atoms. The number of esters is 1. The van der Waals surface area contributed by atoms with Gasteiger partial charge >= 0.3 is 5.97 Å². The van der Waals surface area contributed by atoms with Crippen molar-refractivity contribution in [3.05, 3.63) is 24.3 Å². The van der Waals surface area contributed by atoms with Gasteiger partial charge in [0.05, 0.1) is 12.0 Å². The van der Waals surface area contributed by atoms with Crippen molar-refractivity contribution in [2.24, 2.45) is 7.05 Å². The molecule has 0 atom stereocenters. The second-order valence-corrected chi connectivity index (χ2v) is 4.33. The molecular formula is C11H16N2O2. The predicted molar refractivity (Wildman–Crippen MR) is 58.1 cm³/mol. The zero-order valence-corrected chi connectivity index (χ0v) is 9.52. The summed E-state index contributed by atoms with van der Waals surface area (Å²) in [7, 11) is 1.87. The summed E-state index contributed by atoms with van der Waals surface area (Å²) in [5.41, 5.74) is 0.286. The number of carbonyl (C=O) groups is 1. The van der Waals surface area contributed by atoms with Gasteiger partial charge in [-0.2, -0.15) is 0 Å². The van der Waals surface area contributed by atoms with Crippen LogP contribution in [0.15, 0.2) is 18.6 Å². The van der Waals surface area contributed by atoms with Crippen LogP contribution in [0.5, 0.6) is 0 Å². The highest BCUT2D eigenvalue weighted by Gasteiger charge is 2.13. The van der Waals surface area contributed by atoms with Gasteiger partial charge < -0.3 is 9.30 Å². The van der Waals surface area contributed by atoms with Crippen molar-refractivity contribution >= 4 is 12.0 Å². The Kier molecular flexibility index (Phi) is 3.29. The lowest BCUT2D eigenvalue weighted by Crippen LogP contribution is -2.22. The summed E-state index contributed by atoms with van der Waals surface area (Å²) in [4.78, 5) is 15.3. The molecule has 1 heterocycles. The maximum atomic E-state index is 11.3. The lowest BCUT2D eigenvalue weighted by Gasteiger charge is -2.17. The van der Waals surface area contributed by atoms with Gasteiger partial charge in [-0.05, 0) is 26.8 Å². The topological polar surface area (TPSA) is 44.1 Å². The van der Waals surface area contributed by atoms with Crippen molar-refractivity contribution in [1.82, 2.24) is 9.55 Å². The molecule has 1 aromatic rings. The largest absolute Gasteiger partial charge is 0.457 e. The number of aryl methyl sites for hydroxylation is 1. The molecule has 4 heteroatoms. The minimum Gasteiger partial charge on any atom is -0.457 e. The van der Waals surface area contributed by atoms with Crippen LogP contribution in [0.4, 0.5) is 0 Å². The van der Waals surface area contributed by atoms with Crippen molar-refractivity contribution in [2.45, 2.75) is 26.4 Å². The van der Waals surface area contributed by atoms with Crippen molar-refractivity contribution in [3.63, 3.8) is 0 Å². The molecule has 0 aliphatic rings. The Morgan fingerprint density at radius 3 is 2.67 bits per heavy atom. The average molecular weight is 208 g/mol. The van der Waals surface area contributed by atoms with E-state index in [-0.39, 0.29) is 5.97 Å². The van der Waals surface area contributed by atoms with Crippen molar-refractivity contribution in [3.8, 4) is 0 Å². The second kappa shape index (κ2) is 4.29. The normalized spacial score (nSPS) is 12.0. The first-order valence-electron chi connectivity index (χ1n) is 4.76. The van der Waals surface area contributed by atoms with E-state index in [1.54, 1.807) is 12.4 Å². The molecule has 0 saturated heterocycles. The van der Waals surface area contributed by atoms with Crippen LogP contribution in [-0.2, 0) is 16.6 Å². The lowest BCUT2D eigenvalue weighted by atomic mass is 10.2. The molecule has 0 amide bonds. The standard InChI is InChI=1S/C11H16N2O2/c1-11(2,3)15-10(14)6-5-9-7-13(4)8-12-9/h5-8H,1-4H3. The number of hydrogen-bond acceptors (Lipinski definition) is 3. The number of hydrogen-bond donors (Lipinski definition) is 0. The van der Waals surface area contributed by atoms with Gasteiger partial charge in [-0.25, -0.2) is 9.78 Å². The van der Waals surface area contributed by atoms with E-state index < -0.39 is 5.60 Å². The molecule has 15 heavy (non-hydrogen) atoms. The fourth-order valence-corrected chi connectivity index (χ4v) is 1.01. The number of ether oxygens (including phenoxy) is 1. The molecule has 0 aliphatic heterocycles. The van der Waals surface area contributed by atoms with Crippen LogP contribution in [0.2, 0.25) is 0 Å². The summed E-state index contributed by atoms with van der Waals surface area (Å²) < 4.78 is 6.92. The highest BCUT2D eigenvalue weighted by Crippen LogP contribution is 2.07. The molecule has 0 aromatic carbocycles. The zero-order chi connectivity index (χ0) is 11.5. The number of imidazole rings is 1. The second-order valence-electron chi connectivity index (χ2n) is 4.33. The quantitative estimate of drug-likeness (QED) is 0.549. The zero-order valence-electron chi connectivity index (χ0n) is 9.52. The minimum absolute atomic E-state index is 0.354. The third-order valence-corrected chi connectivity index (χ3v) is 1.52. The summed E-state index contributed by atoms with van der Waals surface area (Å²) in [5.74, 6) is -0.354. The predicted octanol–water partition coefficient (Wildman–Crippen LogP) is 1.77. The van der Waals surface area contributed by atoms with E-state index in [4.69, 9.17) is 4.74 Å². The van der Waals surface area contributed by atoms with Gasteiger partial charge in [-0.1, -0.05) is 0 Å². The van der Waals surface area contributed by atoms with E-state index in [1.807, 2.05) is 38.6 Å². The van der Waals surface area contributed by atoms with Gasteiger partial charge in [0, 0.05) is 19.3 Å². The molecule has 0 N–H and O–H groups in total. The van der Waals surface area contributed by atoms with Crippen LogP contribution in [-0.4, -0.2) is 21.1 Å². The fourth-order valence-electron chi connectivity index (χ4n) is 1.01. The molecule has 0 saturated carbocycles. The Hall–Kier alpha value is -1.58. The molecule has 0 fully saturated rings. The van der Waals surface area contributed by atoms with E-state index in [1.165, 1.54) is 6.08 Å². The van der Waals surface area contributed by atoms with Gasteiger partial charge in [0.1, 0.15) is 5.60 Å². The van der Waals surface area contributed by atoms with E-state index in [0.29, 0.717) is 0 Å². The van der Waals surface area contributed by atoms with Crippen LogP contribution in [0.25, 0.3) is 6.08 Å². The number of nitrogens with zero attached hydrogens (tertiary/aromatic N) is 2. The molecule has 0 unspecified atom stereocenters. The average Bonchev–Trinajstić information content (AvgIpc) is 2.45. The van der Waals surface area contributed by atoms with Gasteiger partial charge in [0.2, 0.25) is 0 Å². The maximum Gasteiger partial charge on any atom is 0.331 e. The van der Waals surface area contributed by atoms with Gasteiger partial charge in [-0.3, -0.25) is 0 Å². The first-order valence-corrected chi connectivity index (χ1v) is 4.76.